The third-order valence-corrected chi connectivity index (χ3v) is 5.56. The van der Waals surface area contributed by atoms with Crippen LogP contribution in [0.25, 0.3) is 5.69 Å². The summed E-state index contributed by atoms with van der Waals surface area (Å²) >= 11 is 0. The number of sulfonamides is 1. The van der Waals surface area contributed by atoms with Crippen molar-refractivity contribution in [2.45, 2.75) is 25.0 Å². The first-order valence-corrected chi connectivity index (χ1v) is 9.65. The van der Waals surface area contributed by atoms with Crippen LogP contribution in [0, 0.1) is 6.92 Å². The lowest BCUT2D eigenvalue weighted by atomic mass is 10.1. The highest BCUT2D eigenvalue weighted by Gasteiger charge is 2.30. The fourth-order valence-electron chi connectivity index (χ4n) is 2.91. The molecule has 0 radical (unpaired) electrons. The van der Waals surface area contributed by atoms with E-state index >= 15 is 0 Å². The molecule has 8 nitrogen and oxygen atoms in total. The molecule has 1 aromatic carbocycles. The minimum absolute atomic E-state index is 0.105. The highest BCUT2D eigenvalue weighted by Crippen LogP contribution is 2.21. The Kier molecular flexibility index (Phi) is 4.78. The maximum absolute atomic E-state index is 12.6. The van der Waals surface area contributed by atoms with Crippen molar-refractivity contribution in [3.05, 3.63) is 42.2 Å². The third kappa shape index (κ3) is 3.99. The molecule has 1 atom stereocenters. The van der Waals surface area contributed by atoms with Crippen molar-refractivity contribution in [1.82, 2.24) is 14.7 Å². The van der Waals surface area contributed by atoms with E-state index in [9.17, 15) is 13.2 Å². The maximum Gasteiger partial charge on any atom is 0.321 e. The summed E-state index contributed by atoms with van der Waals surface area (Å²) in [4.78, 5) is 14.1. The molecule has 1 aromatic heterocycles. The Morgan fingerprint density at radius 1 is 1.32 bits per heavy atom. The topological polar surface area (TPSA) is 110 Å². The van der Waals surface area contributed by atoms with Crippen LogP contribution >= 0.6 is 0 Å². The van der Waals surface area contributed by atoms with Gasteiger partial charge in [-0.05, 0) is 38.0 Å². The van der Waals surface area contributed by atoms with Crippen molar-refractivity contribution in [1.29, 1.82) is 0 Å². The van der Waals surface area contributed by atoms with Crippen molar-refractivity contribution in [3.63, 3.8) is 0 Å². The SMILES string of the molecule is Cc1ccn(-c2ccccc2NC(=O)N2CCCC(S(N)(=O)=O)C2)n1. The van der Waals surface area contributed by atoms with Gasteiger partial charge in [-0.25, -0.2) is 23.0 Å². The van der Waals surface area contributed by atoms with Gasteiger partial charge in [-0.1, -0.05) is 12.1 Å². The van der Waals surface area contributed by atoms with Crippen LogP contribution in [0.1, 0.15) is 18.5 Å². The minimum Gasteiger partial charge on any atom is -0.323 e. The van der Waals surface area contributed by atoms with Crippen molar-refractivity contribution < 1.29 is 13.2 Å². The number of aryl methyl sites for hydroxylation is 1. The second kappa shape index (κ2) is 6.85. The van der Waals surface area contributed by atoms with Gasteiger partial charge in [0.25, 0.3) is 0 Å². The number of piperidine rings is 1. The molecule has 1 unspecified atom stereocenters. The predicted molar refractivity (Wildman–Crippen MR) is 95.0 cm³/mol. The highest BCUT2D eigenvalue weighted by molar-refractivity contribution is 7.89. The largest absolute Gasteiger partial charge is 0.323 e. The van der Waals surface area contributed by atoms with Crippen LogP contribution in [-0.2, 0) is 10.0 Å². The van der Waals surface area contributed by atoms with E-state index in [2.05, 4.69) is 10.4 Å². The normalized spacial score (nSPS) is 18.2. The van der Waals surface area contributed by atoms with E-state index in [0.29, 0.717) is 25.1 Å². The zero-order valence-corrected chi connectivity index (χ0v) is 14.7. The summed E-state index contributed by atoms with van der Waals surface area (Å²) in [5.41, 5.74) is 2.21. The Labute approximate surface area is 146 Å². The molecule has 2 amide bonds. The number of para-hydroxylation sites is 2. The lowest BCUT2D eigenvalue weighted by molar-refractivity contribution is 0.200. The van der Waals surface area contributed by atoms with Crippen molar-refractivity contribution in [3.8, 4) is 5.69 Å². The molecule has 1 aliphatic rings. The zero-order chi connectivity index (χ0) is 18.0. The Balaban J connectivity index is 1.78. The Morgan fingerprint density at radius 3 is 2.76 bits per heavy atom. The summed E-state index contributed by atoms with van der Waals surface area (Å²) in [6.45, 7) is 2.49. The van der Waals surface area contributed by atoms with Gasteiger partial charge in [0.2, 0.25) is 10.0 Å². The molecule has 3 N–H and O–H groups in total. The molecule has 9 heteroatoms. The first-order valence-electron chi connectivity index (χ1n) is 8.04. The number of primary sulfonamides is 1. The number of likely N-dealkylation sites (tertiary alicyclic amines) is 1. The van der Waals surface area contributed by atoms with E-state index < -0.39 is 15.3 Å². The molecule has 1 fully saturated rings. The number of urea groups is 1. The number of nitrogens with one attached hydrogen (secondary N) is 1. The number of anilines is 1. The maximum atomic E-state index is 12.6. The van der Waals surface area contributed by atoms with Crippen molar-refractivity contribution >= 4 is 21.7 Å². The van der Waals surface area contributed by atoms with Crippen LogP contribution < -0.4 is 10.5 Å². The summed E-state index contributed by atoms with van der Waals surface area (Å²) in [5, 5.41) is 11.7. The molecule has 0 bridgehead atoms. The number of hydrogen-bond acceptors (Lipinski definition) is 4. The minimum atomic E-state index is -3.65. The molecule has 0 saturated carbocycles. The Bertz CT molecular complexity index is 877. The molecule has 1 saturated heterocycles. The van der Waals surface area contributed by atoms with Crippen LogP contribution in [0.5, 0.6) is 0 Å². The molecule has 134 valence electrons. The number of rotatable bonds is 3. The number of hydrogen-bond donors (Lipinski definition) is 2. The van der Waals surface area contributed by atoms with Crippen LogP contribution in [0.15, 0.2) is 36.5 Å². The van der Waals surface area contributed by atoms with E-state index in [0.717, 1.165) is 11.4 Å². The number of nitrogens with two attached hydrogens (primary N) is 1. The first kappa shape index (κ1) is 17.4. The van der Waals surface area contributed by atoms with Gasteiger partial charge >= 0.3 is 6.03 Å². The van der Waals surface area contributed by atoms with Crippen LogP contribution in [0.2, 0.25) is 0 Å². The number of carbonyl (C=O) groups is 1. The van der Waals surface area contributed by atoms with Crippen molar-refractivity contribution in [2.24, 2.45) is 5.14 Å². The molecular weight excluding hydrogens is 342 g/mol. The summed E-state index contributed by atoms with van der Waals surface area (Å²) in [5.74, 6) is 0. The first-order chi connectivity index (χ1) is 11.8. The van der Waals surface area contributed by atoms with E-state index in [1.54, 1.807) is 10.7 Å². The average molecular weight is 363 g/mol. The molecule has 1 aliphatic heterocycles. The lowest BCUT2D eigenvalue weighted by Crippen LogP contribution is -2.48. The van der Waals surface area contributed by atoms with E-state index in [4.69, 9.17) is 5.14 Å². The fourth-order valence-corrected chi connectivity index (χ4v) is 3.80. The predicted octanol–water partition coefficient (Wildman–Crippen LogP) is 1.47. The fraction of sp³-hybridized carbons (Fsp3) is 0.375. The molecule has 2 heterocycles. The Hall–Kier alpha value is -2.39. The number of amides is 2. The lowest BCUT2D eigenvalue weighted by Gasteiger charge is -2.31. The summed E-state index contributed by atoms with van der Waals surface area (Å²) in [7, 11) is -3.65. The van der Waals surface area contributed by atoms with Gasteiger partial charge in [-0.2, -0.15) is 5.10 Å². The standard InChI is InChI=1S/C16H21N5O3S/c1-12-8-10-21(19-12)15-7-3-2-6-14(15)18-16(22)20-9-4-5-13(11-20)25(17,23)24/h2-3,6-8,10,13H,4-5,9,11H2,1H3,(H,18,22)(H2,17,23,24). The quantitative estimate of drug-likeness (QED) is 0.860. The van der Waals surface area contributed by atoms with Crippen LogP contribution in [0.4, 0.5) is 10.5 Å². The molecule has 3 rings (SSSR count). The smallest absolute Gasteiger partial charge is 0.321 e. The van der Waals surface area contributed by atoms with Crippen LogP contribution in [0.3, 0.4) is 0 Å². The number of benzene rings is 1. The van der Waals surface area contributed by atoms with Gasteiger partial charge in [0.15, 0.2) is 0 Å². The van der Waals surface area contributed by atoms with Crippen molar-refractivity contribution in [2.75, 3.05) is 18.4 Å². The second-order valence-electron chi connectivity index (χ2n) is 6.15. The summed E-state index contributed by atoms with van der Waals surface area (Å²) in [6, 6.07) is 8.85. The van der Waals surface area contributed by atoms with E-state index in [1.165, 1.54) is 4.90 Å². The molecule has 25 heavy (non-hydrogen) atoms. The van der Waals surface area contributed by atoms with Gasteiger partial charge in [-0.15, -0.1) is 0 Å². The summed E-state index contributed by atoms with van der Waals surface area (Å²) in [6.07, 6.45) is 2.90. The van der Waals surface area contributed by atoms with Gasteiger partial charge in [-0.3, -0.25) is 0 Å². The molecule has 0 spiro atoms. The van der Waals surface area contributed by atoms with Crippen LogP contribution in [-0.4, -0.2) is 47.5 Å². The summed E-state index contributed by atoms with van der Waals surface area (Å²) < 4.78 is 24.8. The number of carbonyl (C=O) groups excluding carboxylic acids is 1. The monoisotopic (exact) mass is 363 g/mol. The van der Waals surface area contributed by atoms with Gasteiger partial charge < -0.3 is 10.2 Å². The molecular formula is C16H21N5O3S. The van der Waals surface area contributed by atoms with Gasteiger partial charge in [0.05, 0.1) is 22.3 Å². The zero-order valence-electron chi connectivity index (χ0n) is 13.9. The van der Waals surface area contributed by atoms with Gasteiger partial charge in [0, 0.05) is 19.3 Å². The number of aromatic nitrogens is 2. The Morgan fingerprint density at radius 2 is 2.08 bits per heavy atom. The number of nitrogens with zero attached hydrogens (tertiary/aromatic N) is 3. The highest BCUT2D eigenvalue weighted by atomic mass is 32.2. The third-order valence-electron chi connectivity index (χ3n) is 4.24. The molecule has 0 aliphatic carbocycles. The average Bonchev–Trinajstić information content (AvgIpc) is 3.01. The van der Waals surface area contributed by atoms with E-state index in [-0.39, 0.29) is 12.6 Å². The van der Waals surface area contributed by atoms with Gasteiger partial charge in [0.1, 0.15) is 0 Å². The van der Waals surface area contributed by atoms with E-state index in [1.807, 2.05) is 37.4 Å². The second-order valence-corrected chi connectivity index (χ2v) is 7.99. The molecule has 2 aromatic rings.